The molecule has 8 heteroatoms. The van der Waals surface area contributed by atoms with Gasteiger partial charge >= 0.3 is 0 Å². The van der Waals surface area contributed by atoms with Crippen molar-refractivity contribution in [3.05, 3.63) is 35.1 Å². The zero-order valence-electron chi connectivity index (χ0n) is 13.7. The van der Waals surface area contributed by atoms with E-state index >= 15 is 0 Å². The Labute approximate surface area is 146 Å². The first kappa shape index (κ1) is 16.9. The quantitative estimate of drug-likeness (QED) is 0.893. The number of carbonyl (C=O) groups is 1. The van der Waals surface area contributed by atoms with Crippen LogP contribution in [0.3, 0.4) is 0 Å². The maximum absolute atomic E-state index is 12.3. The van der Waals surface area contributed by atoms with Gasteiger partial charge in [0.15, 0.2) is 0 Å². The summed E-state index contributed by atoms with van der Waals surface area (Å²) >= 11 is 6.24. The van der Waals surface area contributed by atoms with Gasteiger partial charge in [0, 0.05) is 19.1 Å². The number of nitrogens with one attached hydrogen (secondary N) is 1. The van der Waals surface area contributed by atoms with Crippen LogP contribution < -0.4 is 5.32 Å². The predicted molar refractivity (Wildman–Crippen MR) is 91.4 cm³/mol. The molecule has 0 aliphatic carbocycles. The Hall–Kier alpha value is -1.99. The second-order valence-corrected chi connectivity index (χ2v) is 6.46. The highest BCUT2D eigenvalue weighted by Crippen LogP contribution is 2.20. The van der Waals surface area contributed by atoms with Crippen molar-refractivity contribution in [3.63, 3.8) is 0 Å². The molecule has 1 unspecified atom stereocenters. The van der Waals surface area contributed by atoms with Crippen molar-refractivity contribution in [1.82, 2.24) is 30.4 Å². The van der Waals surface area contributed by atoms with Crippen LogP contribution in [0.1, 0.15) is 36.5 Å². The third kappa shape index (κ3) is 3.91. The molecule has 7 nitrogen and oxygen atoms in total. The van der Waals surface area contributed by atoms with Crippen molar-refractivity contribution in [1.29, 1.82) is 0 Å². The average Bonchev–Trinajstić information content (AvgIpc) is 3.11. The molecule has 1 N–H and O–H groups in total. The van der Waals surface area contributed by atoms with Gasteiger partial charge in [-0.25, -0.2) is 4.68 Å². The molecule has 128 valence electrons. The van der Waals surface area contributed by atoms with E-state index in [9.17, 15) is 4.79 Å². The van der Waals surface area contributed by atoms with E-state index in [2.05, 4.69) is 32.7 Å². The molecule has 2 heterocycles. The van der Waals surface area contributed by atoms with E-state index in [1.54, 1.807) is 18.2 Å². The molecule has 1 fully saturated rings. The molecule has 1 aliphatic rings. The smallest absolute Gasteiger partial charge is 0.252 e. The molecular weight excluding hydrogens is 328 g/mol. The SMILES string of the molecule is CC1CCCCN1CCNC(=O)c1ccc(-n2cnnn2)cc1Cl. The predicted octanol–water partition coefficient (Wildman–Crippen LogP) is 1.92. The number of benzene rings is 1. The Morgan fingerprint density at radius 1 is 1.42 bits per heavy atom. The summed E-state index contributed by atoms with van der Waals surface area (Å²) < 4.78 is 1.49. The Morgan fingerprint density at radius 3 is 3.00 bits per heavy atom. The average molecular weight is 349 g/mol. The first-order valence-electron chi connectivity index (χ1n) is 8.20. The minimum atomic E-state index is -0.159. The molecule has 1 aromatic heterocycles. The lowest BCUT2D eigenvalue weighted by molar-refractivity contribution is 0.0938. The zero-order chi connectivity index (χ0) is 16.9. The van der Waals surface area contributed by atoms with Gasteiger partial charge in [-0.3, -0.25) is 9.69 Å². The van der Waals surface area contributed by atoms with Gasteiger partial charge in [0.1, 0.15) is 6.33 Å². The molecule has 3 rings (SSSR count). The molecule has 24 heavy (non-hydrogen) atoms. The third-order valence-electron chi connectivity index (χ3n) is 4.44. The highest BCUT2D eigenvalue weighted by atomic mass is 35.5. The fraction of sp³-hybridized carbons (Fsp3) is 0.500. The summed E-state index contributed by atoms with van der Waals surface area (Å²) in [6, 6.07) is 5.73. The second-order valence-electron chi connectivity index (χ2n) is 6.06. The maximum atomic E-state index is 12.3. The summed E-state index contributed by atoms with van der Waals surface area (Å²) in [6.45, 7) is 4.84. The number of rotatable bonds is 5. The highest BCUT2D eigenvalue weighted by molar-refractivity contribution is 6.34. The Balaban J connectivity index is 1.57. The van der Waals surface area contributed by atoms with E-state index in [-0.39, 0.29) is 5.91 Å². The van der Waals surface area contributed by atoms with Crippen LogP contribution in [0, 0.1) is 0 Å². The van der Waals surface area contributed by atoms with Gasteiger partial charge in [-0.05, 0) is 54.9 Å². The van der Waals surface area contributed by atoms with Gasteiger partial charge in [0.2, 0.25) is 0 Å². The molecule has 0 bridgehead atoms. The van der Waals surface area contributed by atoms with Gasteiger partial charge in [0.25, 0.3) is 5.91 Å². The number of piperidine rings is 1. The summed E-state index contributed by atoms with van der Waals surface area (Å²) in [5.74, 6) is -0.159. The number of nitrogens with zero attached hydrogens (tertiary/aromatic N) is 5. The van der Waals surface area contributed by atoms with Crippen molar-refractivity contribution < 1.29 is 4.79 Å². The number of tetrazole rings is 1. The third-order valence-corrected chi connectivity index (χ3v) is 4.75. The van der Waals surface area contributed by atoms with Crippen molar-refractivity contribution in [2.24, 2.45) is 0 Å². The second kappa shape index (κ2) is 7.72. The van der Waals surface area contributed by atoms with Crippen LogP contribution in [-0.2, 0) is 0 Å². The van der Waals surface area contributed by atoms with Crippen LogP contribution in [0.2, 0.25) is 5.02 Å². The van der Waals surface area contributed by atoms with Crippen molar-refractivity contribution in [3.8, 4) is 5.69 Å². The first-order valence-corrected chi connectivity index (χ1v) is 8.58. The number of amides is 1. The van der Waals surface area contributed by atoms with Gasteiger partial charge in [-0.1, -0.05) is 18.0 Å². The van der Waals surface area contributed by atoms with Crippen molar-refractivity contribution in [2.75, 3.05) is 19.6 Å². The highest BCUT2D eigenvalue weighted by Gasteiger charge is 2.18. The van der Waals surface area contributed by atoms with Gasteiger partial charge in [-0.2, -0.15) is 0 Å². The van der Waals surface area contributed by atoms with Crippen LogP contribution in [-0.4, -0.2) is 56.7 Å². The summed E-state index contributed by atoms with van der Waals surface area (Å²) in [6.07, 6.45) is 5.25. The molecule has 0 saturated carbocycles. The van der Waals surface area contributed by atoms with E-state index < -0.39 is 0 Å². The van der Waals surface area contributed by atoms with Crippen LogP contribution in [0.15, 0.2) is 24.5 Å². The molecule has 0 radical (unpaired) electrons. The van der Waals surface area contributed by atoms with E-state index in [1.165, 1.54) is 30.3 Å². The molecule has 1 saturated heterocycles. The Morgan fingerprint density at radius 2 is 2.29 bits per heavy atom. The number of hydrogen-bond acceptors (Lipinski definition) is 5. The molecule has 2 aromatic rings. The number of aromatic nitrogens is 4. The fourth-order valence-corrected chi connectivity index (χ4v) is 3.27. The minimum absolute atomic E-state index is 0.159. The molecule has 1 amide bonds. The molecule has 1 aliphatic heterocycles. The molecular formula is C16H21ClN6O. The zero-order valence-corrected chi connectivity index (χ0v) is 14.4. The number of carbonyl (C=O) groups excluding carboxylic acids is 1. The van der Waals surface area contributed by atoms with Gasteiger partial charge < -0.3 is 5.32 Å². The maximum Gasteiger partial charge on any atom is 0.252 e. The van der Waals surface area contributed by atoms with Gasteiger partial charge in [0.05, 0.1) is 16.3 Å². The number of likely N-dealkylation sites (tertiary alicyclic amines) is 1. The van der Waals surface area contributed by atoms with Crippen LogP contribution in [0.5, 0.6) is 0 Å². The standard InChI is InChI=1S/C16H21ClN6O/c1-12-4-2-3-8-22(12)9-7-18-16(24)14-6-5-13(10-15(14)17)23-11-19-20-21-23/h5-6,10-12H,2-4,7-9H2,1H3,(H,18,24). The summed E-state index contributed by atoms with van der Waals surface area (Å²) in [7, 11) is 0. The topological polar surface area (TPSA) is 75.9 Å². The lowest BCUT2D eigenvalue weighted by Gasteiger charge is -2.33. The van der Waals surface area contributed by atoms with Gasteiger partial charge in [-0.15, -0.1) is 5.10 Å². The lowest BCUT2D eigenvalue weighted by atomic mass is 10.0. The van der Waals surface area contributed by atoms with E-state index in [0.29, 0.717) is 28.9 Å². The number of halogens is 1. The Kier molecular flexibility index (Phi) is 5.42. The summed E-state index contributed by atoms with van der Waals surface area (Å²) in [5.41, 5.74) is 1.17. The van der Waals surface area contributed by atoms with Crippen LogP contribution in [0.25, 0.3) is 5.69 Å². The van der Waals surface area contributed by atoms with Crippen molar-refractivity contribution >= 4 is 17.5 Å². The first-order chi connectivity index (χ1) is 11.6. The molecule has 1 aromatic carbocycles. The molecule has 1 atom stereocenters. The largest absolute Gasteiger partial charge is 0.351 e. The van der Waals surface area contributed by atoms with Crippen LogP contribution >= 0.6 is 11.6 Å². The van der Waals surface area contributed by atoms with Crippen molar-refractivity contribution in [2.45, 2.75) is 32.2 Å². The summed E-state index contributed by atoms with van der Waals surface area (Å²) in [4.78, 5) is 14.7. The number of hydrogen-bond donors (Lipinski definition) is 1. The summed E-state index contributed by atoms with van der Waals surface area (Å²) in [5, 5.41) is 14.3. The lowest BCUT2D eigenvalue weighted by Crippen LogP contribution is -2.42. The van der Waals surface area contributed by atoms with E-state index in [1.807, 2.05) is 0 Å². The van der Waals surface area contributed by atoms with E-state index in [4.69, 9.17) is 11.6 Å². The molecule has 0 spiro atoms. The van der Waals surface area contributed by atoms with Crippen LogP contribution in [0.4, 0.5) is 0 Å². The normalized spacial score (nSPS) is 18.5. The minimum Gasteiger partial charge on any atom is -0.351 e. The fourth-order valence-electron chi connectivity index (χ4n) is 3.01. The Bertz CT molecular complexity index is 690. The van der Waals surface area contributed by atoms with E-state index in [0.717, 1.165) is 13.1 Å². The monoisotopic (exact) mass is 348 g/mol.